The van der Waals surface area contributed by atoms with Gasteiger partial charge in [0.25, 0.3) is 10.1 Å². The molecule has 0 aliphatic carbocycles. The Labute approximate surface area is 146 Å². The van der Waals surface area contributed by atoms with Gasteiger partial charge in [-0.25, -0.2) is 0 Å². The second-order valence-corrected chi connectivity index (χ2v) is 6.04. The Morgan fingerprint density at radius 2 is 1.17 bits per heavy atom. The summed E-state index contributed by atoms with van der Waals surface area (Å²) in [5, 5.41) is 0. The molecule has 110 valence electrons. The maximum Gasteiger partial charge on any atom is 1.00 e. The summed E-state index contributed by atoms with van der Waals surface area (Å²) in [5.74, 6) is -0.0799. The van der Waals surface area contributed by atoms with E-state index in [0.717, 1.165) is 12.8 Å². The molecule has 0 aromatic rings. The maximum absolute atomic E-state index is 10.4. The van der Waals surface area contributed by atoms with Crippen molar-refractivity contribution in [1.82, 2.24) is 0 Å². The van der Waals surface area contributed by atoms with Crippen LogP contribution in [0.2, 0.25) is 0 Å². The van der Waals surface area contributed by atoms with Crippen molar-refractivity contribution in [3.8, 4) is 0 Å². The van der Waals surface area contributed by atoms with Crippen LogP contribution in [0.15, 0.2) is 0 Å². The van der Waals surface area contributed by atoms with E-state index in [9.17, 15) is 8.42 Å². The van der Waals surface area contributed by atoms with Gasteiger partial charge in [0.1, 0.15) is 0 Å². The molecule has 0 aliphatic rings. The smallest absolute Gasteiger partial charge is 1.00 e. The van der Waals surface area contributed by atoms with Crippen molar-refractivity contribution in [2.75, 3.05) is 5.75 Å². The molecule has 0 aliphatic heterocycles. The van der Waals surface area contributed by atoms with Gasteiger partial charge in [0, 0.05) is 16.5 Å². The summed E-state index contributed by atoms with van der Waals surface area (Å²) in [6.07, 6.45) is 11.7. The summed E-state index contributed by atoms with van der Waals surface area (Å²) in [7, 11) is -3.73. The Morgan fingerprint density at radius 3 is 1.50 bits per heavy atom. The first-order valence-electron chi connectivity index (χ1n) is 6.51. The predicted molar refractivity (Wildman–Crippen MR) is 69.4 cm³/mol. The Balaban J connectivity index is -0.000000375. The normalized spacial score (nSPS) is 10.6. The van der Waals surface area contributed by atoms with Gasteiger partial charge in [-0.05, 0) is 6.42 Å². The summed E-state index contributed by atoms with van der Waals surface area (Å²) in [6, 6.07) is 0. The monoisotopic (exact) mass is 332 g/mol. The Kier molecular flexibility index (Phi) is 22.3. The molecule has 0 unspecified atom stereocenters. The van der Waals surface area contributed by atoms with Gasteiger partial charge in [-0.1, -0.05) is 64.7 Å². The van der Waals surface area contributed by atoms with Crippen molar-refractivity contribution in [1.29, 1.82) is 0 Å². The molecule has 0 bridgehead atoms. The molecular weight excluding hydrogens is 306 g/mol. The van der Waals surface area contributed by atoms with E-state index in [2.05, 4.69) is 6.92 Å². The van der Waals surface area contributed by atoms with Crippen molar-refractivity contribution in [3.63, 3.8) is 0 Å². The average molecular weight is 333 g/mol. The van der Waals surface area contributed by atoms with Gasteiger partial charge in [-0.3, -0.25) is 4.55 Å². The molecule has 1 N–H and O–H groups in total. The molecular formula is C12H27NaNiO3S. The molecule has 0 amide bonds. The molecule has 0 fully saturated rings. The third-order valence-electron chi connectivity index (χ3n) is 2.76. The van der Waals surface area contributed by atoms with Crippen LogP contribution in [0.4, 0.5) is 0 Å². The van der Waals surface area contributed by atoms with Gasteiger partial charge < -0.3 is 1.43 Å². The third-order valence-corrected chi connectivity index (χ3v) is 3.56. The first kappa shape index (κ1) is 24.4. The number of hydrogen-bond donors (Lipinski definition) is 1. The molecule has 3 nitrogen and oxygen atoms in total. The van der Waals surface area contributed by atoms with Gasteiger partial charge in [0.05, 0.1) is 5.75 Å². The Bertz CT molecular complexity index is 251. The number of hydrogen-bond acceptors (Lipinski definition) is 2. The molecule has 0 spiro atoms. The summed E-state index contributed by atoms with van der Waals surface area (Å²) in [5.41, 5.74) is 0. The van der Waals surface area contributed by atoms with Crippen molar-refractivity contribution in [3.05, 3.63) is 0 Å². The fourth-order valence-electron chi connectivity index (χ4n) is 1.77. The second-order valence-electron chi connectivity index (χ2n) is 4.47. The summed E-state index contributed by atoms with van der Waals surface area (Å²) >= 11 is 0. The van der Waals surface area contributed by atoms with E-state index >= 15 is 0 Å². The minimum atomic E-state index is -3.73. The van der Waals surface area contributed by atoms with Gasteiger partial charge in [0.2, 0.25) is 0 Å². The van der Waals surface area contributed by atoms with Crippen LogP contribution in [-0.2, 0) is 26.6 Å². The van der Waals surface area contributed by atoms with Crippen LogP contribution in [0.1, 0.15) is 72.6 Å². The van der Waals surface area contributed by atoms with Gasteiger partial charge in [-0.2, -0.15) is 8.42 Å². The van der Waals surface area contributed by atoms with E-state index < -0.39 is 10.1 Å². The fourth-order valence-corrected chi connectivity index (χ4v) is 2.34. The zero-order valence-electron chi connectivity index (χ0n) is 12.8. The molecule has 0 radical (unpaired) electrons. The SMILES string of the molecule is CCCCCCCCCCCCS(=O)(=O)O.[H-].[Na+].[Ni]. The zero-order valence-corrected chi connectivity index (χ0v) is 15.6. The zero-order chi connectivity index (χ0) is 12.3. The molecule has 0 aromatic carbocycles. The van der Waals surface area contributed by atoms with Gasteiger partial charge >= 0.3 is 29.6 Å². The van der Waals surface area contributed by atoms with Crippen LogP contribution >= 0.6 is 0 Å². The fraction of sp³-hybridized carbons (Fsp3) is 1.00. The predicted octanol–water partition coefficient (Wildman–Crippen LogP) is 0.909. The summed E-state index contributed by atoms with van der Waals surface area (Å²) in [4.78, 5) is 0. The summed E-state index contributed by atoms with van der Waals surface area (Å²) < 4.78 is 29.4. The molecule has 0 aromatic heterocycles. The van der Waals surface area contributed by atoms with E-state index in [-0.39, 0.29) is 53.2 Å². The van der Waals surface area contributed by atoms with E-state index in [4.69, 9.17) is 4.55 Å². The third kappa shape index (κ3) is 22.6. The minimum absolute atomic E-state index is 0. The molecule has 0 saturated carbocycles. The standard InChI is InChI=1S/C12H26O3S.Na.Ni.H/c1-2-3-4-5-6-7-8-9-10-11-12-16(13,14)15;;;/h2-12H2,1H3,(H,13,14,15);;;/q;+1;;-1. The molecule has 18 heavy (non-hydrogen) atoms. The molecule has 0 atom stereocenters. The van der Waals surface area contributed by atoms with E-state index in [1.165, 1.54) is 44.9 Å². The average Bonchev–Trinajstić information content (AvgIpc) is 2.19. The number of rotatable bonds is 11. The minimum Gasteiger partial charge on any atom is -1.00 e. The van der Waals surface area contributed by atoms with Crippen molar-refractivity contribution in [2.45, 2.75) is 71.1 Å². The number of unbranched alkanes of at least 4 members (excludes halogenated alkanes) is 9. The quantitative estimate of drug-likeness (QED) is 0.347. The van der Waals surface area contributed by atoms with Crippen LogP contribution in [0.25, 0.3) is 0 Å². The van der Waals surface area contributed by atoms with Crippen LogP contribution in [-0.4, -0.2) is 18.7 Å². The van der Waals surface area contributed by atoms with Gasteiger partial charge in [-0.15, -0.1) is 0 Å². The maximum atomic E-state index is 10.4. The molecule has 0 rings (SSSR count). The Morgan fingerprint density at radius 1 is 0.833 bits per heavy atom. The first-order chi connectivity index (χ1) is 7.56. The largest absolute Gasteiger partial charge is 1.00 e. The van der Waals surface area contributed by atoms with Gasteiger partial charge in [0.15, 0.2) is 0 Å². The van der Waals surface area contributed by atoms with Crippen LogP contribution in [0.3, 0.4) is 0 Å². The van der Waals surface area contributed by atoms with Crippen molar-refractivity contribution >= 4 is 10.1 Å². The Hall–Kier alpha value is 1.40. The second kappa shape index (κ2) is 16.5. The van der Waals surface area contributed by atoms with Crippen molar-refractivity contribution in [2.24, 2.45) is 0 Å². The molecule has 6 heteroatoms. The molecule has 0 saturated heterocycles. The summed E-state index contributed by atoms with van der Waals surface area (Å²) in [6.45, 7) is 2.22. The van der Waals surface area contributed by atoms with E-state index in [1.54, 1.807) is 0 Å². The first-order valence-corrected chi connectivity index (χ1v) is 8.12. The van der Waals surface area contributed by atoms with Crippen LogP contribution < -0.4 is 29.6 Å². The molecule has 0 heterocycles. The van der Waals surface area contributed by atoms with Crippen molar-refractivity contribution < 1.29 is 60.4 Å². The topological polar surface area (TPSA) is 54.4 Å². The van der Waals surface area contributed by atoms with Crippen LogP contribution in [0, 0.1) is 0 Å². The van der Waals surface area contributed by atoms with E-state index in [0.29, 0.717) is 6.42 Å². The van der Waals surface area contributed by atoms with E-state index in [1.807, 2.05) is 0 Å². The van der Waals surface area contributed by atoms with Crippen LogP contribution in [0.5, 0.6) is 0 Å².